The highest BCUT2D eigenvalue weighted by Crippen LogP contribution is 2.40. The number of nitrogens with zero attached hydrogens (tertiary/aromatic N) is 2. The van der Waals surface area contributed by atoms with Crippen molar-refractivity contribution >= 4 is 0 Å². The quantitative estimate of drug-likeness (QED) is 0.852. The second-order valence-electron chi connectivity index (χ2n) is 8.57. The lowest BCUT2D eigenvalue weighted by molar-refractivity contribution is 0.271. The summed E-state index contributed by atoms with van der Waals surface area (Å²) in [6.07, 6.45) is 3.40. The molecule has 3 rings (SSSR count). The van der Waals surface area contributed by atoms with Crippen LogP contribution in [0.5, 0.6) is 0 Å². The highest BCUT2D eigenvalue weighted by atomic mass is 15.1. The fraction of sp³-hybridized carbons (Fsp3) is 0.545. The molecule has 1 aromatic heterocycles. The van der Waals surface area contributed by atoms with Crippen molar-refractivity contribution in [3.63, 3.8) is 0 Å². The number of aryl methyl sites for hydroxylation is 1. The molecule has 1 aliphatic rings. The van der Waals surface area contributed by atoms with Crippen LogP contribution in [-0.4, -0.2) is 23.1 Å². The number of hydrogen-bond acceptors (Lipinski definition) is 2. The zero-order valence-corrected chi connectivity index (χ0v) is 16.3. The molecule has 1 heterocycles. The molecule has 0 radical (unpaired) electrons. The van der Waals surface area contributed by atoms with Crippen molar-refractivity contribution in [2.75, 3.05) is 13.6 Å². The predicted molar refractivity (Wildman–Crippen MR) is 106 cm³/mol. The van der Waals surface area contributed by atoms with Gasteiger partial charge in [-0.2, -0.15) is 0 Å². The fourth-order valence-electron chi connectivity index (χ4n) is 4.29. The van der Waals surface area contributed by atoms with E-state index in [1.54, 1.807) is 0 Å². The van der Waals surface area contributed by atoms with Gasteiger partial charge in [0.1, 0.15) is 0 Å². The van der Waals surface area contributed by atoms with E-state index in [0.29, 0.717) is 5.41 Å². The average molecular weight is 340 g/mol. The zero-order chi connectivity index (χ0) is 18.0. The summed E-state index contributed by atoms with van der Waals surface area (Å²) in [7, 11) is 2.21. The summed E-state index contributed by atoms with van der Waals surface area (Å²) < 4.78 is 2.52. The lowest BCUT2D eigenvalue weighted by Crippen LogP contribution is -2.30. The number of aromatic nitrogens is 1. The standard InChI is InChI=1S/C22H33N3/c1-17-13-19-20(23)14-22(2,3)15-21(19)25(17)12-8-11-24(4)16-18-9-6-5-7-10-18/h5-7,9-10,13,20H,8,11-12,14-16,23H2,1-4H3. The van der Waals surface area contributed by atoms with Crippen LogP contribution in [0.15, 0.2) is 36.4 Å². The molecule has 136 valence electrons. The van der Waals surface area contributed by atoms with Crippen LogP contribution in [0.4, 0.5) is 0 Å². The Morgan fingerprint density at radius 3 is 2.68 bits per heavy atom. The third-order valence-electron chi connectivity index (χ3n) is 5.48. The fourth-order valence-corrected chi connectivity index (χ4v) is 4.29. The maximum Gasteiger partial charge on any atom is 0.0318 e. The first-order chi connectivity index (χ1) is 11.9. The first-order valence-electron chi connectivity index (χ1n) is 9.53. The van der Waals surface area contributed by atoms with Crippen LogP contribution in [0, 0.1) is 12.3 Å². The van der Waals surface area contributed by atoms with Gasteiger partial charge in [0, 0.05) is 30.5 Å². The number of rotatable bonds is 6. The van der Waals surface area contributed by atoms with Gasteiger partial charge in [-0.05, 0) is 62.4 Å². The molecule has 25 heavy (non-hydrogen) atoms. The average Bonchev–Trinajstić information content (AvgIpc) is 2.84. The van der Waals surface area contributed by atoms with Gasteiger partial charge in [-0.15, -0.1) is 0 Å². The van der Waals surface area contributed by atoms with Gasteiger partial charge in [0.2, 0.25) is 0 Å². The van der Waals surface area contributed by atoms with Gasteiger partial charge >= 0.3 is 0 Å². The third-order valence-corrected chi connectivity index (χ3v) is 5.48. The van der Waals surface area contributed by atoms with E-state index in [-0.39, 0.29) is 6.04 Å². The summed E-state index contributed by atoms with van der Waals surface area (Å²) in [5, 5.41) is 0. The molecule has 0 saturated heterocycles. The Kier molecular flexibility index (Phi) is 5.35. The molecule has 0 bridgehead atoms. The first-order valence-corrected chi connectivity index (χ1v) is 9.53. The molecule has 0 saturated carbocycles. The maximum atomic E-state index is 6.45. The van der Waals surface area contributed by atoms with Crippen LogP contribution >= 0.6 is 0 Å². The number of fused-ring (bicyclic) bond motifs is 1. The largest absolute Gasteiger partial charge is 0.348 e. The summed E-state index contributed by atoms with van der Waals surface area (Å²) in [5.41, 5.74) is 12.4. The number of benzene rings is 1. The third kappa shape index (κ3) is 4.34. The highest BCUT2D eigenvalue weighted by molar-refractivity contribution is 5.34. The molecule has 2 N–H and O–H groups in total. The van der Waals surface area contributed by atoms with Crippen molar-refractivity contribution in [1.82, 2.24) is 9.47 Å². The van der Waals surface area contributed by atoms with Gasteiger partial charge in [0.25, 0.3) is 0 Å². The minimum absolute atomic E-state index is 0.194. The van der Waals surface area contributed by atoms with Crippen molar-refractivity contribution in [2.24, 2.45) is 11.1 Å². The lowest BCUT2D eigenvalue weighted by Gasteiger charge is -2.34. The van der Waals surface area contributed by atoms with E-state index in [9.17, 15) is 0 Å². The van der Waals surface area contributed by atoms with Crippen molar-refractivity contribution in [2.45, 2.75) is 59.2 Å². The summed E-state index contributed by atoms with van der Waals surface area (Å²) in [6.45, 7) is 10.1. The van der Waals surface area contributed by atoms with E-state index >= 15 is 0 Å². The summed E-state index contributed by atoms with van der Waals surface area (Å²) in [4.78, 5) is 2.41. The molecule has 0 fully saturated rings. The summed E-state index contributed by atoms with van der Waals surface area (Å²) >= 11 is 0. The predicted octanol–water partition coefficient (Wildman–Crippen LogP) is 4.29. The van der Waals surface area contributed by atoms with Crippen LogP contribution in [0.25, 0.3) is 0 Å². The van der Waals surface area contributed by atoms with Gasteiger partial charge in [0.15, 0.2) is 0 Å². The van der Waals surface area contributed by atoms with E-state index in [1.165, 1.54) is 28.9 Å². The molecular weight excluding hydrogens is 306 g/mol. The normalized spacial score (nSPS) is 19.2. The van der Waals surface area contributed by atoms with Crippen molar-refractivity contribution in [3.05, 3.63) is 58.9 Å². The zero-order valence-electron chi connectivity index (χ0n) is 16.3. The maximum absolute atomic E-state index is 6.45. The second-order valence-corrected chi connectivity index (χ2v) is 8.57. The second kappa shape index (κ2) is 7.35. The summed E-state index contributed by atoms with van der Waals surface area (Å²) in [5.74, 6) is 0. The molecule has 0 aliphatic heterocycles. The molecule has 2 aromatic rings. The smallest absolute Gasteiger partial charge is 0.0318 e. The van der Waals surface area contributed by atoms with Gasteiger partial charge in [0.05, 0.1) is 0 Å². The van der Waals surface area contributed by atoms with Crippen molar-refractivity contribution in [3.8, 4) is 0 Å². The van der Waals surface area contributed by atoms with Crippen LogP contribution in [-0.2, 0) is 19.5 Å². The Hall–Kier alpha value is -1.58. The van der Waals surface area contributed by atoms with Crippen LogP contribution in [0.1, 0.15) is 55.2 Å². The number of hydrogen-bond donors (Lipinski definition) is 1. The van der Waals surface area contributed by atoms with Gasteiger partial charge < -0.3 is 15.2 Å². The van der Waals surface area contributed by atoms with E-state index in [1.807, 2.05) is 0 Å². The molecule has 1 aliphatic carbocycles. The first kappa shape index (κ1) is 18.2. The number of nitrogens with two attached hydrogens (primary N) is 1. The monoisotopic (exact) mass is 339 g/mol. The molecule has 3 nitrogen and oxygen atoms in total. The Morgan fingerprint density at radius 2 is 1.96 bits per heavy atom. The molecule has 1 unspecified atom stereocenters. The highest BCUT2D eigenvalue weighted by Gasteiger charge is 2.33. The van der Waals surface area contributed by atoms with Crippen LogP contribution < -0.4 is 5.73 Å². The Labute approximate surface area is 152 Å². The van der Waals surface area contributed by atoms with E-state index in [2.05, 4.69) is 73.7 Å². The van der Waals surface area contributed by atoms with E-state index in [4.69, 9.17) is 5.73 Å². The van der Waals surface area contributed by atoms with Gasteiger partial charge in [-0.25, -0.2) is 0 Å². The Balaban J connectivity index is 1.61. The topological polar surface area (TPSA) is 34.2 Å². The molecule has 0 amide bonds. The molecule has 1 aromatic carbocycles. The Bertz CT molecular complexity index is 700. The van der Waals surface area contributed by atoms with Gasteiger partial charge in [-0.1, -0.05) is 44.2 Å². The minimum atomic E-state index is 0.194. The Morgan fingerprint density at radius 1 is 1.24 bits per heavy atom. The SMILES string of the molecule is Cc1cc2c(n1CCCN(C)Cc1ccccc1)CC(C)(C)CC2N. The summed E-state index contributed by atoms with van der Waals surface area (Å²) in [6, 6.07) is 13.2. The lowest BCUT2D eigenvalue weighted by atomic mass is 9.74. The minimum Gasteiger partial charge on any atom is -0.348 e. The van der Waals surface area contributed by atoms with Crippen LogP contribution in [0.3, 0.4) is 0 Å². The molecule has 0 spiro atoms. The molecule has 3 heteroatoms. The van der Waals surface area contributed by atoms with Gasteiger partial charge in [-0.3, -0.25) is 0 Å². The van der Waals surface area contributed by atoms with Crippen molar-refractivity contribution in [1.29, 1.82) is 0 Å². The van der Waals surface area contributed by atoms with Crippen molar-refractivity contribution < 1.29 is 0 Å². The van der Waals surface area contributed by atoms with E-state index in [0.717, 1.165) is 32.5 Å². The van der Waals surface area contributed by atoms with E-state index < -0.39 is 0 Å². The molecular formula is C22H33N3. The van der Waals surface area contributed by atoms with Crippen LogP contribution in [0.2, 0.25) is 0 Å². The molecule has 1 atom stereocenters.